The minimum atomic E-state index is -0.382. The Hall–Kier alpha value is -2.44. The highest BCUT2D eigenvalue weighted by atomic mass is 16.5. The highest BCUT2D eigenvalue weighted by molar-refractivity contribution is 5.91. The van der Waals surface area contributed by atoms with E-state index in [2.05, 4.69) is 20.2 Å². The molecule has 21 heavy (non-hydrogen) atoms. The summed E-state index contributed by atoms with van der Waals surface area (Å²) in [7, 11) is 1.53. The predicted molar refractivity (Wildman–Crippen MR) is 74.3 cm³/mol. The van der Waals surface area contributed by atoms with E-state index in [0.717, 1.165) is 28.9 Å². The Morgan fingerprint density at radius 2 is 2.00 bits per heavy atom. The zero-order chi connectivity index (χ0) is 15.0. The van der Waals surface area contributed by atoms with Gasteiger partial charge in [-0.25, -0.2) is 9.78 Å². The largest absolute Gasteiger partial charge is 0.467 e. The number of aromatic nitrogens is 4. The van der Waals surface area contributed by atoms with Crippen LogP contribution in [0.3, 0.4) is 0 Å². The van der Waals surface area contributed by atoms with Gasteiger partial charge in [-0.3, -0.25) is 5.10 Å². The normalized spacial score (nSPS) is 12.5. The number of hydrogen-bond acceptors (Lipinski definition) is 6. The minimum absolute atomic E-state index is 0.305. The van der Waals surface area contributed by atoms with Crippen LogP contribution < -0.4 is 4.74 Å². The summed E-state index contributed by atoms with van der Waals surface area (Å²) in [6, 6.07) is 0.305. The molecule has 1 aliphatic rings. The summed E-state index contributed by atoms with van der Waals surface area (Å²) in [5.74, 6) is -0.382. The van der Waals surface area contributed by atoms with E-state index in [-0.39, 0.29) is 5.97 Å². The Bertz CT molecular complexity index is 708. The fourth-order valence-electron chi connectivity index (χ4n) is 2.58. The van der Waals surface area contributed by atoms with Crippen LogP contribution in [0.4, 0.5) is 0 Å². The van der Waals surface area contributed by atoms with Gasteiger partial charge in [0.25, 0.3) is 0 Å². The zero-order valence-electron chi connectivity index (χ0n) is 12.2. The quantitative estimate of drug-likeness (QED) is 0.860. The lowest BCUT2D eigenvalue weighted by atomic mass is 9.91. The lowest BCUT2D eigenvalue weighted by molar-refractivity contribution is 0.0518. The molecule has 0 saturated carbocycles. The van der Waals surface area contributed by atoms with Crippen molar-refractivity contribution in [3.05, 3.63) is 22.5 Å². The topological polar surface area (TPSA) is 90.0 Å². The maximum Gasteiger partial charge on any atom is 0.356 e. The zero-order valence-corrected chi connectivity index (χ0v) is 12.2. The van der Waals surface area contributed by atoms with E-state index < -0.39 is 0 Å². The Labute approximate surface area is 121 Å². The Kier molecular flexibility index (Phi) is 3.32. The fraction of sp³-hybridized carbons (Fsp3) is 0.429. The molecule has 0 unspecified atom stereocenters. The van der Waals surface area contributed by atoms with Crippen LogP contribution in [0.1, 0.15) is 34.2 Å². The van der Waals surface area contributed by atoms with Gasteiger partial charge < -0.3 is 9.47 Å². The summed E-state index contributed by atoms with van der Waals surface area (Å²) in [5, 5.41) is 7.02. The molecule has 2 aromatic heterocycles. The second-order valence-corrected chi connectivity index (χ2v) is 4.77. The SMILES string of the molecule is CCOC(=O)c1[nH]nc2c1CCc1c(C)nc(OC)nc1-2. The number of H-pyrrole nitrogens is 1. The Morgan fingerprint density at radius 1 is 1.24 bits per heavy atom. The smallest absolute Gasteiger partial charge is 0.356 e. The van der Waals surface area contributed by atoms with E-state index in [1.807, 2.05) is 6.92 Å². The molecule has 0 radical (unpaired) electrons. The van der Waals surface area contributed by atoms with E-state index in [1.54, 1.807) is 6.92 Å². The maximum atomic E-state index is 11.9. The molecular weight excluding hydrogens is 272 g/mol. The lowest BCUT2D eigenvalue weighted by Gasteiger charge is -2.17. The van der Waals surface area contributed by atoms with Crippen LogP contribution in [-0.4, -0.2) is 39.9 Å². The summed E-state index contributed by atoms with van der Waals surface area (Å²) in [6.45, 7) is 4.03. The third kappa shape index (κ3) is 2.14. The highest BCUT2D eigenvalue weighted by Gasteiger charge is 2.28. The van der Waals surface area contributed by atoms with E-state index in [4.69, 9.17) is 9.47 Å². The maximum absolute atomic E-state index is 11.9. The minimum Gasteiger partial charge on any atom is -0.467 e. The summed E-state index contributed by atoms with van der Waals surface area (Å²) in [6.07, 6.45) is 1.48. The number of carbonyl (C=O) groups excluding carboxylic acids is 1. The summed E-state index contributed by atoms with van der Waals surface area (Å²) >= 11 is 0. The summed E-state index contributed by atoms with van der Waals surface area (Å²) in [4.78, 5) is 20.6. The number of nitrogens with zero attached hydrogens (tertiary/aromatic N) is 3. The summed E-state index contributed by atoms with van der Waals surface area (Å²) in [5.41, 5.74) is 4.60. The van der Waals surface area contributed by atoms with Crippen molar-refractivity contribution in [2.75, 3.05) is 13.7 Å². The molecule has 0 aromatic carbocycles. The number of fused-ring (bicyclic) bond motifs is 3. The van der Waals surface area contributed by atoms with Gasteiger partial charge in [-0.05, 0) is 26.7 Å². The third-order valence-electron chi connectivity index (χ3n) is 3.57. The molecule has 0 aliphatic heterocycles. The number of hydrogen-bond donors (Lipinski definition) is 1. The molecule has 110 valence electrons. The van der Waals surface area contributed by atoms with Gasteiger partial charge in [0.15, 0.2) is 0 Å². The van der Waals surface area contributed by atoms with Gasteiger partial charge in [0, 0.05) is 16.8 Å². The van der Waals surface area contributed by atoms with Crippen LogP contribution in [-0.2, 0) is 17.6 Å². The molecule has 0 atom stereocenters. The van der Waals surface area contributed by atoms with E-state index in [1.165, 1.54) is 7.11 Å². The molecule has 0 fully saturated rings. The van der Waals surface area contributed by atoms with Crippen molar-refractivity contribution >= 4 is 5.97 Å². The first-order chi connectivity index (χ1) is 10.2. The molecule has 7 nitrogen and oxygen atoms in total. The van der Waals surface area contributed by atoms with E-state index in [0.29, 0.717) is 30.4 Å². The molecule has 7 heteroatoms. The van der Waals surface area contributed by atoms with Crippen LogP contribution >= 0.6 is 0 Å². The van der Waals surface area contributed by atoms with Crippen molar-refractivity contribution in [1.29, 1.82) is 0 Å². The van der Waals surface area contributed by atoms with Crippen LogP contribution in [0.25, 0.3) is 11.4 Å². The molecule has 0 spiro atoms. The van der Waals surface area contributed by atoms with Gasteiger partial charge in [0.2, 0.25) is 0 Å². The molecule has 2 heterocycles. The number of rotatable bonds is 3. The first-order valence-electron chi connectivity index (χ1n) is 6.82. The Balaban J connectivity index is 2.11. The van der Waals surface area contributed by atoms with Crippen molar-refractivity contribution in [3.8, 4) is 17.4 Å². The fourth-order valence-corrected chi connectivity index (χ4v) is 2.58. The van der Waals surface area contributed by atoms with E-state index in [9.17, 15) is 4.79 Å². The number of carbonyl (C=O) groups is 1. The Morgan fingerprint density at radius 3 is 2.71 bits per heavy atom. The van der Waals surface area contributed by atoms with Crippen LogP contribution in [0.15, 0.2) is 0 Å². The van der Waals surface area contributed by atoms with Crippen LogP contribution in [0.5, 0.6) is 6.01 Å². The van der Waals surface area contributed by atoms with Gasteiger partial charge in [0.05, 0.1) is 13.7 Å². The number of ether oxygens (including phenoxy) is 2. The molecule has 0 bridgehead atoms. The van der Waals surface area contributed by atoms with Crippen molar-refractivity contribution < 1.29 is 14.3 Å². The monoisotopic (exact) mass is 288 g/mol. The van der Waals surface area contributed by atoms with Gasteiger partial charge >= 0.3 is 12.0 Å². The highest BCUT2D eigenvalue weighted by Crippen LogP contribution is 2.34. The molecule has 0 saturated heterocycles. The number of esters is 1. The van der Waals surface area contributed by atoms with Gasteiger partial charge in [-0.2, -0.15) is 10.1 Å². The lowest BCUT2D eigenvalue weighted by Crippen LogP contribution is -2.13. The second kappa shape index (κ2) is 5.16. The molecular formula is C14H16N4O3. The standard InChI is InChI=1S/C14H16N4O3/c1-4-21-13(19)12-9-6-5-8-7(2)15-14(20-3)16-10(8)11(9)17-18-12/h4-6H2,1-3H3,(H,17,18). The van der Waals surface area contributed by atoms with Crippen molar-refractivity contribution in [2.45, 2.75) is 26.7 Å². The van der Waals surface area contributed by atoms with E-state index >= 15 is 0 Å². The van der Waals surface area contributed by atoms with Gasteiger partial charge in [0.1, 0.15) is 17.1 Å². The van der Waals surface area contributed by atoms with Crippen LogP contribution in [0.2, 0.25) is 0 Å². The first kappa shape index (κ1) is 13.5. The third-order valence-corrected chi connectivity index (χ3v) is 3.57. The van der Waals surface area contributed by atoms with Gasteiger partial charge in [-0.15, -0.1) is 0 Å². The molecule has 1 N–H and O–H groups in total. The van der Waals surface area contributed by atoms with Crippen molar-refractivity contribution in [3.63, 3.8) is 0 Å². The molecule has 3 rings (SSSR count). The molecule has 1 aliphatic carbocycles. The number of nitrogens with one attached hydrogen (secondary N) is 1. The summed E-state index contributed by atoms with van der Waals surface area (Å²) < 4.78 is 10.2. The van der Waals surface area contributed by atoms with Crippen molar-refractivity contribution in [1.82, 2.24) is 20.2 Å². The molecule has 2 aromatic rings. The second-order valence-electron chi connectivity index (χ2n) is 4.77. The number of methoxy groups -OCH3 is 1. The predicted octanol–water partition coefficient (Wildman–Crippen LogP) is 1.46. The van der Waals surface area contributed by atoms with Crippen LogP contribution in [0, 0.1) is 6.92 Å². The number of aryl methyl sites for hydroxylation is 1. The van der Waals surface area contributed by atoms with Gasteiger partial charge in [-0.1, -0.05) is 0 Å². The average Bonchev–Trinajstić information content (AvgIpc) is 2.91. The van der Waals surface area contributed by atoms with Crippen molar-refractivity contribution in [2.24, 2.45) is 0 Å². The molecule has 0 amide bonds. The average molecular weight is 288 g/mol. The first-order valence-corrected chi connectivity index (χ1v) is 6.82. The number of aromatic amines is 1.